The number of hydrogen-bond acceptors (Lipinski definition) is 6. The van der Waals surface area contributed by atoms with Crippen LogP contribution in [-0.2, 0) is 19.7 Å². The van der Waals surface area contributed by atoms with E-state index in [9.17, 15) is 32.8 Å². The molecule has 0 radical (unpaired) electrons. The first-order valence-corrected chi connectivity index (χ1v) is 10.5. The molecule has 0 aliphatic rings. The predicted molar refractivity (Wildman–Crippen MR) is 89.9 cm³/mol. The van der Waals surface area contributed by atoms with Crippen molar-refractivity contribution in [3.05, 3.63) is 0 Å². The molecule has 2 unspecified atom stereocenters. The van der Waals surface area contributed by atoms with Gasteiger partial charge in [-0.05, 0) is 12.8 Å². The fourth-order valence-electron chi connectivity index (χ4n) is 3.22. The van der Waals surface area contributed by atoms with Crippen molar-refractivity contribution in [2.45, 2.75) is 89.7 Å². The number of carbonyl (C=O) groups excluding carboxylic acids is 2. The second-order valence-electron chi connectivity index (χ2n) is 6.63. The Bertz CT molecular complexity index is 525. The summed E-state index contributed by atoms with van der Waals surface area (Å²) in [6.07, 6.45) is 6.65. The van der Waals surface area contributed by atoms with Crippen molar-refractivity contribution in [3.8, 4) is 0 Å². The second-order valence-corrected chi connectivity index (χ2v) is 8.13. The quantitative estimate of drug-likeness (QED) is 0.158. The summed E-state index contributed by atoms with van der Waals surface area (Å²) in [6, 6.07) is 0. The van der Waals surface area contributed by atoms with Gasteiger partial charge in [-0.3, -0.25) is 4.55 Å². The maximum Gasteiger partial charge on any atom is 1.00 e. The van der Waals surface area contributed by atoms with Crippen LogP contribution in [0.1, 0.15) is 84.5 Å². The SMILES string of the molecule is CCCCCCCCCC(CCCC)(C(=O)[O-])C(C(=O)[O-])S(=O)(=O)O.[Na+].[Na+]. The van der Waals surface area contributed by atoms with E-state index in [2.05, 4.69) is 6.92 Å². The third-order valence-corrected chi connectivity index (χ3v) is 5.86. The molecule has 10 heteroatoms. The number of carbonyl (C=O) groups is 2. The van der Waals surface area contributed by atoms with Gasteiger partial charge in [0.2, 0.25) is 0 Å². The summed E-state index contributed by atoms with van der Waals surface area (Å²) in [4.78, 5) is 23.1. The number of aliphatic carboxylic acids is 2. The molecule has 0 saturated heterocycles. The summed E-state index contributed by atoms with van der Waals surface area (Å²) in [6.45, 7) is 3.87. The van der Waals surface area contributed by atoms with Crippen LogP contribution in [0.3, 0.4) is 0 Å². The summed E-state index contributed by atoms with van der Waals surface area (Å²) < 4.78 is 32.4. The van der Waals surface area contributed by atoms with Gasteiger partial charge in [0.05, 0.1) is 5.97 Å². The number of rotatable bonds is 15. The molecular weight excluding hydrogens is 394 g/mol. The molecule has 148 valence electrons. The molecule has 0 rings (SSSR count). The standard InChI is InChI=1S/C17H32O7S.2Na/c1-3-5-7-8-9-10-11-13-17(16(20)21,12-6-4-2)14(15(18)19)25(22,23)24;;/h14H,3-13H2,1-2H3,(H,18,19)(H,20,21)(H,22,23,24);;/q;2*+1/p-2. The van der Waals surface area contributed by atoms with Crippen molar-refractivity contribution in [2.75, 3.05) is 0 Å². The van der Waals surface area contributed by atoms with Crippen molar-refractivity contribution < 1.29 is 91.9 Å². The normalized spacial score (nSPS) is 14.3. The van der Waals surface area contributed by atoms with Gasteiger partial charge < -0.3 is 19.8 Å². The van der Waals surface area contributed by atoms with Crippen LogP contribution in [0.15, 0.2) is 0 Å². The zero-order chi connectivity index (χ0) is 19.5. The van der Waals surface area contributed by atoms with Gasteiger partial charge in [0.1, 0.15) is 5.25 Å². The van der Waals surface area contributed by atoms with Crippen molar-refractivity contribution in [3.63, 3.8) is 0 Å². The third-order valence-electron chi connectivity index (χ3n) is 4.62. The van der Waals surface area contributed by atoms with Crippen LogP contribution in [-0.4, -0.2) is 30.2 Å². The molecule has 1 N–H and O–H groups in total. The number of hydrogen-bond donors (Lipinski definition) is 1. The Morgan fingerprint density at radius 1 is 0.852 bits per heavy atom. The fourth-order valence-corrected chi connectivity index (χ4v) is 4.37. The molecule has 0 spiro atoms. The summed E-state index contributed by atoms with van der Waals surface area (Å²) in [5, 5.41) is 20.6. The average molecular weight is 424 g/mol. The Morgan fingerprint density at radius 2 is 1.26 bits per heavy atom. The van der Waals surface area contributed by atoms with Crippen molar-refractivity contribution in [1.82, 2.24) is 0 Å². The van der Waals surface area contributed by atoms with E-state index >= 15 is 0 Å². The topological polar surface area (TPSA) is 135 Å². The third kappa shape index (κ3) is 11.6. The molecule has 0 aromatic carbocycles. The van der Waals surface area contributed by atoms with Crippen LogP contribution in [0.4, 0.5) is 0 Å². The molecule has 0 heterocycles. The summed E-state index contributed by atoms with van der Waals surface area (Å²) >= 11 is 0. The van der Waals surface area contributed by atoms with E-state index in [4.69, 9.17) is 0 Å². The molecule has 0 saturated carbocycles. The van der Waals surface area contributed by atoms with Crippen LogP contribution in [0.5, 0.6) is 0 Å². The average Bonchev–Trinajstić information content (AvgIpc) is 2.49. The monoisotopic (exact) mass is 424 g/mol. The Hall–Kier alpha value is 0.850. The van der Waals surface area contributed by atoms with Gasteiger partial charge in [-0.1, -0.05) is 71.6 Å². The molecule has 0 fully saturated rings. The van der Waals surface area contributed by atoms with E-state index in [1.54, 1.807) is 6.92 Å². The number of unbranched alkanes of at least 4 members (excludes halogenated alkanes) is 7. The maximum atomic E-state index is 11.7. The van der Waals surface area contributed by atoms with Crippen LogP contribution in [0, 0.1) is 5.41 Å². The summed E-state index contributed by atoms with van der Waals surface area (Å²) in [5.41, 5.74) is -2.17. The molecule has 0 aliphatic heterocycles. The van der Waals surface area contributed by atoms with Gasteiger partial charge in [0, 0.05) is 11.4 Å². The minimum absolute atomic E-state index is 0. The van der Waals surface area contributed by atoms with Crippen molar-refractivity contribution in [2.24, 2.45) is 5.41 Å². The van der Waals surface area contributed by atoms with E-state index < -0.39 is 32.7 Å². The zero-order valence-electron chi connectivity index (χ0n) is 17.2. The smallest absolute Gasteiger partial charge is 0.549 e. The molecule has 0 amide bonds. The van der Waals surface area contributed by atoms with Gasteiger partial charge in [-0.25, -0.2) is 0 Å². The summed E-state index contributed by atoms with van der Waals surface area (Å²) in [5.74, 6) is -3.87. The van der Waals surface area contributed by atoms with E-state index in [1.165, 1.54) is 0 Å². The van der Waals surface area contributed by atoms with E-state index in [-0.39, 0.29) is 72.0 Å². The minimum atomic E-state index is -5.13. The Labute approximate surface area is 207 Å². The number of carboxylic acid groups (broad SMARTS) is 2. The van der Waals surface area contributed by atoms with Gasteiger partial charge >= 0.3 is 59.1 Å². The Balaban J connectivity index is -0.00000288. The summed E-state index contributed by atoms with van der Waals surface area (Å²) in [7, 11) is -5.13. The zero-order valence-corrected chi connectivity index (χ0v) is 22.0. The predicted octanol–water partition coefficient (Wildman–Crippen LogP) is -4.93. The first kappa shape index (κ1) is 32.5. The minimum Gasteiger partial charge on any atom is -0.549 e. The molecule has 27 heavy (non-hydrogen) atoms. The first-order chi connectivity index (χ1) is 11.6. The molecule has 7 nitrogen and oxygen atoms in total. The fraction of sp³-hybridized carbons (Fsp3) is 0.882. The number of carboxylic acids is 2. The van der Waals surface area contributed by atoms with Gasteiger partial charge in [-0.15, -0.1) is 0 Å². The molecule has 0 aliphatic carbocycles. The van der Waals surface area contributed by atoms with Crippen LogP contribution in [0.25, 0.3) is 0 Å². The molecule has 2 atom stereocenters. The molecule has 0 aromatic heterocycles. The van der Waals surface area contributed by atoms with Gasteiger partial charge in [0.25, 0.3) is 10.1 Å². The first-order valence-electron chi connectivity index (χ1n) is 9.02. The van der Waals surface area contributed by atoms with Gasteiger partial charge in [-0.2, -0.15) is 8.42 Å². The van der Waals surface area contributed by atoms with E-state index in [1.807, 2.05) is 0 Å². The maximum absolute atomic E-state index is 11.7. The van der Waals surface area contributed by atoms with Crippen LogP contribution < -0.4 is 69.3 Å². The van der Waals surface area contributed by atoms with Crippen molar-refractivity contribution in [1.29, 1.82) is 0 Å². The van der Waals surface area contributed by atoms with Gasteiger partial charge in [0.15, 0.2) is 0 Å². The Morgan fingerprint density at radius 3 is 1.63 bits per heavy atom. The van der Waals surface area contributed by atoms with E-state index in [0.29, 0.717) is 25.7 Å². The van der Waals surface area contributed by atoms with Crippen LogP contribution >= 0.6 is 0 Å². The second kappa shape index (κ2) is 16.6. The van der Waals surface area contributed by atoms with Crippen LogP contribution in [0.2, 0.25) is 0 Å². The van der Waals surface area contributed by atoms with Crippen molar-refractivity contribution >= 4 is 22.1 Å². The Kier molecular flexibility index (Phi) is 20.0. The largest absolute Gasteiger partial charge is 1.00 e. The molecule has 0 bridgehead atoms. The van der Waals surface area contributed by atoms with E-state index in [0.717, 1.165) is 32.1 Å². The molecular formula is C17H30Na2O7S. The molecule has 0 aromatic rings.